The summed E-state index contributed by atoms with van der Waals surface area (Å²) < 4.78 is 5.61. The molecule has 2 aliphatic carbocycles. The third-order valence-electron chi connectivity index (χ3n) is 7.94. The minimum absolute atomic E-state index is 0.00492. The Morgan fingerprint density at radius 3 is 2.43 bits per heavy atom. The maximum atomic E-state index is 6.33. The zero-order valence-corrected chi connectivity index (χ0v) is 26.1. The second-order valence-electron chi connectivity index (χ2n) is 10.5. The van der Waals surface area contributed by atoms with Gasteiger partial charge in [0.05, 0.1) is 31.8 Å². The molecule has 0 aromatic heterocycles. The monoisotopic (exact) mass is 605 g/mol. The number of allylic oxidation sites excluding steroid dienone is 8. The molecule has 1 aromatic rings. The Morgan fingerprint density at radius 2 is 1.67 bits per heavy atom. The Bertz CT molecular complexity index is 1320. The van der Waals surface area contributed by atoms with Crippen LogP contribution in [0.15, 0.2) is 105 Å². The Labute approximate surface area is 260 Å². The molecule has 0 bridgehead atoms. The lowest BCUT2D eigenvalue weighted by molar-refractivity contribution is 0.0681. The molecule has 42 heavy (non-hydrogen) atoms. The van der Waals surface area contributed by atoms with Crippen LogP contribution in [-0.2, 0) is 4.74 Å². The van der Waals surface area contributed by atoms with Gasteiger partial charge in [-0.3, -0.25) is 14.8 Å². The first-order chi connectivity index (χ1) is 20.6. The molecule has 3 heterocycles. The van der Waals surface area contributed by atoms with Crippen molar-refractivity contribution in [3.05, 3.63) is 106 Å². The molecule has 1 aromatic carbocycles. The van der Waals surface area contributed by atoms with Gasteiger partial charge in [0.1, 0.15) is 11.7 Å². The zero-order valence-electron chi connectivity index (χ0n) is 24.6. The van der Waals surface area contributed by atoms with Gasteiger partial charge in [-0.2, -0.15) is 0 Å². The molecule has 0 spiro atoms. The van der Waals surface area contributed by atoms with Gasteiger partial charge < -0.3 is 9.64 Å². The average Bonchev–Trinajstić information content (AvgIpc) is 3.40. The summed E-state index contributed by atoms with van der Waals surface area (Å²) in [7, 11) is 0. The van der Waals surface area contributed by atoms with Crippen molar-refractivity contribution < 1.29 is 4.74 Å². The molecule has 8 heteroatoms. The van der Waals surface area contributed by atoms with Crippen LogP contribution in [0, 0.1) is 0 Å². The van der Waals surface area contributed by atoms with Crippen LogP contribution in [0.25, 0.3) is 0 Å². The van der Waals surface area contributed by atoms with Crippen LogP contribution in [0.3, 0.4) is 0 Å². The van der Waals surface area contributed by atoms with Crippen molar-refractivity contribution in [3.63, 3.8) is 0 Å². The first-order valence-electron chi connectivity index (χ1n) is 15.1. The highest BCUT2D eigenvalue weighted by Gasteiger charge is 2.31. The normalized spacial score (nSPS) is 23.7. The summed E-state index contributed by atoms with van der Waals surface area (Å²) in [6.45, 7) is 11.7. The van der Waals surface area contributed by atoms with E-state index in [1.54, 1.807) is 0 Å². The van der Waals surface area contributed by atoms with Gasteiger partial charge in [0, 0.05) is 54.9 Å². The summed E-state index contributed by atoms with van der Waals surface area (Å²) in [6, 6.07) is 8.42. The van der Waals surface area contributed by atoms with E-state index < -0.39 is 0 Å². The van der Waals surface area contributed by atoms with Crippen molar-refractivity contribution in [1.82, 2.24) is 14.7 Å². The number of rotatable bonds is 5. The third-order valence-corrected chi connectivity index (χ3v) is 8.47. The van der Waals surface area contributed by atoms with Gasteiger partial charge in [-0.05, 0) is 35.8 Å². The summed E-state index contributed by atoms with van der Waals surface area (Å²) >= 11 is 12.6. The van der Waals surface area contributed by atoms with Crippen molar-refractivity contribution in [2.24, 2.45) is 9.98 Å². The Kier molecular flexibility index (Phi) is 11.1. The number of piperazine rings is 1. The highest BCUT2D eigenvalue weighted by molar-refractivity contribution is 6.31. The second-order valence-corrected chi connectivity index (χ2v) is 11.4. The molecule has 0 saturated carbocycles. The number of fused-ring (bicyclic) bond motifs is 1. The van der Waals surface area contributed by atoms with Crippen molar-refractivity contribution in [2.75, 3.05) is 59.0 Å². The fourth-order valence-corrected chi connectivity index (χ4v) is 6.13. The molecule has 0 radical (unpaired) electrons. The van der Waals surface area contributed by atoms with Crippen LogP contribution in [0.1, 0.15) is 31.9 Å². The molecular weight excluding hydrogens is 565 g/mol. The molecule has 222 valence electrons. The SMILES string of the molecule is CC.ClC1=CCC=C(C(c2ccc(Cl)cc2)N2CCN(CC3=NC4C=CC=CC=C4C(N4CCOCC4)=N3)CC2)C=C1. The van der Waals surface area contributed by atoms with E-state index in [0.717, 1.165) is 87.2 Å². The van der Waals surface area contributed by atoms with Crippen molar-refractivity contribution in [1.29, 1.82) is 0 Å². The number of benzene rings is 1. The molecule has 2 saturated heterocycles. The third kappa shape index (κ3) is 7.61. The largest absolute Gasteiger partial charge is 0.378 e. The molecule has 2 unspecified atom stereocenters. The van der Waals surface area contributed by atoms with Crippen molar-refractivity contribution >= 4 is 34.9 Å². The number of hydrogen-bond acceptors (Lipinski definition) is 6. The first kappa shape index (κ1) is 30.7. The predicted octanol–water partition coefficient (Wildman–Crippen LogP) is 6.60. The summed E-state index contributed by atoms with van der Waals surface area (Å²) in [4.78, 5) is 17.6. The molecule has 0 amide bonds. The highest BCUT2D eigenvalue weighted by atomic mass is 35.5. The Morgan fingerprint density at radius 1 is 0.905 bits per heavy atom. The minimum atomic E-state index is 0.00492. The van der Waals surface area contributed by atoms with Gasteiger partial charge in [0.25, 0.3) is 0 Å². The van der Waals surface area contributed by atoms with E-state index in [9.17, 15) is 0 Å². The van der Waals surface area contributed by atoms with E-state index in [1.165, 1.54) is 16.7 Å². The molecule has 6 nitrogen and oxygen atoms in total. The number of nitrogens with zero attached hydrogens (tertiary/aromatic N) is 5. The molecule has 3 aliphatic heterocycles. The van der Waals surface area contributed by atoms with Crippen LogP contribution in [0.4, 0.5) is 0 Å². The van der Waals surface area contributed by atoms with E-state index in [-0.39, 0.29) is 12.1 Å². The Hall–Kier alpha value is -2.74. The van der Waals surface area contributed by atoms with Crippen LogP contribution in [0.5, 0.6) is 0 Å². The molecule has 6 rings (SSSR count). The number of halogens is 2. The topological polar surface area (TPSA) is 43.7 Å². The van der Waals surface area contributed by atoms with E-state index in [1.807, 2.05) is 32.1 Å². The van der Waals surface area contributed by atoms with E-state index >= 15 is 0 Å². The number of ether oxygens (including phenoxy) is 1. The highest BCUT2D eigenvalue weighted by Crippen LogP contribution is 2.33. The van der Waals surface area contributed by atoms with Gasteiger partial charge in [-0.1, -0.05) is 97.8 Å². The van der Waals surface area contributed by atoms with Gasteiger partial charge in [0.2, 0.25) is 0 Å². The quantitative estimate of drug-likeness (QED) is 0.379. The smallest absolute Gasteiger partial charge is 0.140 e. The summed E-state index contributed by atoms with van der Waals surface area (Å²) in [5.74, 6) is 1.96. The zero-order chi connectivity index (χ0) is 29.3. The van der Waals surface area contributed by atoms with Crippen LogP contribution in [-0.4, -0.2) is 91.4 Å². The molecule has 0 N–H and O–H groups in total. The molecule has 5 aliphatic rings. The van der Waals surface area contributed by atoms with Gasteiger partial charge >= 0.3 is 0 Å². The van der Waals surface area contributed by atoms with Crippen LogP contribution >= 0.6 is 23.2 Å². The lowest BCUT2D eigenvalue weighted by Gasteiger charge is -2.40. The number of aliphatic imine (C=N–C) groups is 2. The lowest BCUT2D eigenvalue weighted by Crippen LogP contribution is -2.50. The van der Waals surface area contributed by atoms with Crippen LogP contribution in [0.2, 0.25) is 5.02 Å². The average molecular weight is 607 g/mol. The first-order valence-corrected chi connectivity index (χ1v) is 15.9. The standard InChI is InChI=1S/C32H35Cl2N5O.C2H6/c33-26-6-4-5-24(9-12-26)31(25-10-13-27(34)14-11-25)38-17-15-37(16-18-38)23-30-35-29-8-3-1-2-7-28(29)32(36-30)39-19-21-40-22-20-39;1-2/h1-3,5-14,29,31H,4,15-23H2;1-2H3. The molecular formula is C34H41Cl2N5O. The maximum Gasteiger partial charge on any atom is 0.140 e. The fraction of sp³-hybridized carbons (Fsp3) is 0.412. The van der Waals surface area contributed by atoms with E-state index in [2.05, 4.69) is 75.4 Å². The minimum Gasteiger partial charge on any atom is -0.378 e. The maximum absolute atomic E-state index is 6.33. The van der Waals surface area contributed by atoms with Gasteiger partial charge in [-0.15, -0.1) is 0 Å². The lowest BCUT2D eigenvalue weighted by atomic mass is 9.95. The summed E-state index contributed by atoms with van der Waals surface area (Å²) in [5.41, 5.74) is 3.69. The molecule has 2 atom stereocenters. The number of amidine groups is 2. The predicted molar refractivity (Wildman–Crippen MR) is 177 cm³/mol. The van der Waals surface area contributed by atoms with E-state index in [4.69, 9.17) is 37.9 Å². The summed E-state index contributed by atoms with van der Waals surface area (Å²) in [6.07, 6.45) is 19.9. The van der Waals surface area contributed by atoms with Gasteiger partial charge in [-0.25, -0.2) is 4.99 Å². The van der Waals surface area contributed by atoms with Crippen molar-refractivity contribution in [3.8, 4) is 0 Å². The van der Waals surface area contributed by atoms with Crippen LogP contribution < -0.4 is 0 Å². The van der Waals surface area contributed by atoms with E-state index in [0.29, 0.717) is 0 Å². The molecule has 2 fully saturated rings. The number of morpholine rings is 1. The number of hydrogen-bond donors (Lipinski definition) is 0. The van der Waals surface area contributed by atoms with Gasteiger partial charge in [0.15, 0.2) is 0 Å². The second kappa shape index (κ2) is 15.1. The Balaban J connectivity index is 0.00000173. The van der Waals surface area contributed by atoms with Crippen molar-refractivity contribution in [2.45, 2.75) is 32.4 Å². The summed E-state index contributed by atoms with van der Waals surface area (Å²) in [5, 5.41) is 1.54. The fourth-order valence-electron chi connectivity index (χ4n) is 5.86.